The highest BCUT2D eigenvalue weighted by atomic mass is 31.2. The van der Waals surface area contributed by atoms with Crippen LogP contribution in [0.25, 0.3) is 0 Å². The standard InChI is InChI=1S/C26H27O2P/c1-2-3-7-20-25(21-26(27)28)29(22-14-8-4-9-15-22,23-16-10-5-11-17-23)24-18-12-6-13-19-24/h4-6,8-19,21H,2-3,7,20H2,1H3/b25-21+. The van der Waals surface area contributed by atoms with Gasteiger partial charge in [0.2, 0.25) is 0 Å². The van der Waals surface area contributed by atoms with Gasteiger partial charge in [-0.25, -0.2) is 0 Å². The summed E-state index contributed by atoms with van der Waals surface area (Å²) in [4.78, 5) is 11.8. The molecule has 0 N–H and O–H groups in total. The van der Waals surface area contributed by atoms with E-state index in [2.05, 4.69) is 43.3 Å². The number of carboxylic acid groups (broad SMARTS) is 1. The second-order valence-electron chi connectivity index (χ2n) is 7.09. The molecule has 3 heteroatoms. The minimum atomic E-state index is -2.32. The molecule has 0 radical (unpaired) electrons. The topological polar surface area (TPSA) is 40.1 Å². The lowest BCUT2D eigenvalue weighted by molar-refractivity contribution is -0.297. The van der Waals surface area contributed by atoms with Crippen molar-refractivity contribution in [3.8, 4) is 0 Å². The predicted molar refractivity (Wildman–Crippen MR) is 122 cm³/mol. The van der Waals surface area contributed by atoms with Gasteiger partial charge < -0.3 is 9.90 Å². The first kappa shape index (κ1) is 21.0. The summed E-state index contributed by atoms with van der Waals surface area (Å²) in [5.74, 6) is -1.12. The Kier molecular flexibility index (Phi) is 7.38. The van der Waals surface area contributed by atoms with Crippen molar-refractivity contribution in [2.75, 3.05) is 0 Å². The third-order valence-corrected chi connectivity index (χ3v) is 9.61. The molecule has 2 nitrogen and oxygen atoms in total. The Hall–Kier alpha value is -2.70. The molecule has 0 saturated heterocycles. The highest BCUT2D eigenvalue weighted by Crippen LogP contribution is 2.63. The maximum Gasteiger partial charge on any atom is 0.140 e. The molecule has 3 rings (SSSR count). The fourth-order valence-electron chi connectivity index (χ4n) is 3.93. The van der Waals surface area contributed by atoms with Gasteiger partial charge in [0.05, 0.1) is 11.3 Å². The van der Waals surface area contributed by atoms with E-state index in [1.165, 1.54) is 22.0 Å². The lowest BCUT2D eigenvalue weighted by Crippen LogP contribution is -2.33. The van der Waals surface area contributed by atoms with Crippen molar-refractivity contribution in [2.45, 2.75) is 32.6 Å². The van der Waals surface area contributed by atoms with Gasteiger partial charge >= 0.3 is 0 Å². The second kappa shape index (κ2) is 10.2. The first-order chi connectivity index (χ1) is 14.2. The van der Waals surface area contributed by atoms with Crippen molar-refractivity contribution in [1.82, 2.24) is 0 Å². The fourth-order valence-corrected chi connectivity index (χ4v) is 8.47. The normalized spacial score (nSPS) is 12.0. The molecule has 0 heterocycles. The van der Waals surface area contributed by atoms with Crippen molar-refractivity contribution in [3.05, 3.63) is 102 Å². The molecule has 3 aromatic carbocycles. The zero-order valence-electron chi connectivity index (χ0n) is 16.8. The number of allylic oxidation sites excluding steroid dienone is 1. The average Bonchev–Trinajstić information content (AvgIpc) is 2.76. The van der Waals surface area contributed by atoms with Gasteiger partial charge in [-0.2, -0.15) is 0 Å². The van der Waals surface area contributed by atoms with Crippen molar-refractivity contribution in [3.63, 3.8) is 0 Å². The molecule has 0 bridgehead atoms. The molecule has 0 unspecified atom stereocenters. The summed E-state index contributed by atoms with van der Waals surface area (Å²) in [7, 11) is -2.32. The molecule has 148 valence electrons. The maximum absolute atomic E-state index is 11.8. The Morgan fingerprint density at radius 3 is 1.52 bits per heavy atom. The lowest BCUT2D eigenvalue weighted by Gasteiger charge is -2.30. The third kappa shape index (κ3) is 4.66. The molecule has 0 fully saturated rings. The van der Waals surface area contributed by atoms with Crippen LogP contribution in [0.5, 0.6) is 0 Å². The molecular formula is C26H27O2P. The van der Waals surface area contributed by atoms with E-state index in [0.717, 1.165) is 31.0 Å². The molecule has 0 saturated carbocycles. The Bertz CT molecular complexity index is 838. The Morgan fingerprint density at radius 2 is 1.17 bits per heavy atom. The van der Waals surface area contributed by atoms with E-state index in [1.54, 1.807) is 0 Å². The van der Waals surface area contributed by atoms with E-state index in [1.807, 2.05) is 54.6 Å². The zero-order valence-corrected chi connectivity index (χ0v) is 17.7. The van der Waals surface area contributed by atoms with Crippen LogP contribution in [0.4, 0.5) is 0 Å². The van der Waals surface area contributed by atoms with Crippen LogP contribution in [0, 0.1) is 0 Å². The summed E-state index contributed by atoms with van der Waals surface area (Å²) in [6, 6.07) is 31.1. The quantitative estimate of drug-likeness (QED) is 0.306. The summed E-state index contributed by atoms with van der Waals surface area (Å²) in [5, 5.41) is 16.3. The number of unbranched alkanes of at least 4 members (excludes halogenated alkanes) is 2. The third-order valence-electron chi connectivity index (χ3n) is 5.18. The number of hydrogen-bond acceptors (Lipinski definition) is 2. The van der Waals surface area contributed by atoms with Crippen LogP contribution in [0.15, 0.2) is 102 Å². The summed E-state index contributed by atoms with van der Waals surface area (Å²) in [6.07, 6.45) is 5.24. The summed E-state index contributed by atoms with van der Waals surface area (Å²) in [5.41, 5.74) is 0. The summed E-state index contributed by atoms with van der Waals surface area (Å²) in [6.45, 7) is 2.16. The number of carbonyl (C=O) groups excluding carboxylic acids is 1. The maximum atomic E-state index is 11.8. The Morgan fingerprint density at radius 1 is 0.759 bits per heavy atom. The number of carboxylic acids is 1. The fraction of sp³-hybridized carbons (Fsp3) is 0.192. The van der Waals surface area contributed by atoms with Crippen molar-refractivity contribution in [1.29, 1.82) is 0 Å². The van der Waals surface area contributed by atoms with Gasteiger partial charge in [0.15, 0.2) is 0 Å². The molecular weight excluding hydrogens is 375 g/mol. The monoisotopic (exact) mass is 402 g/mol. The van der Waals surface area contributed by atoms with E-state index >= 15 is 0 Å². The minimum absolute atomic E-state index is 0.744. The highest BCUT2D eigenvalue weighted by Gasteiger charge is 2.48. The molecule has 0 amide bonds. The summed E-state index contributed by atoms with van der Waals surface area (Å²) >= 11 is 0. The van der Waals surface area contributed by atoms with Crippen LogP contribution >= 0.6 is 7.26 Å². The molecule has 0 aromatic heterocycles. The van der Waals surface area contributed by atoms with Gasteiger partial charge in [-0.3, -0.25) is 0 Å². The van der Waals surface area contributed by atoms with Crippen molar-refractivity contribution < 1.29 is 9.90 Å². The Balaban J connectivity index is 2.36. The van der Waals surface area contributed by atoms with Gasteiger partial charge in [-0.05, 0) is 48.9 Å². The number of aliphatic carboxylic acids is 1. The van der Waals surface area contributed by atoms with Crippen molar-refractivity contribution >= 4 is 29.1 Å². The number of carbonyl (C=O) groups is 1. The van der Waals surface area contributed by atoms with Gasteiger partial charge in [0.1, 0.15) is 23.2 Å². The smallest absolute Gasteiger partial charge is 0.140 e. The zero-order chi connectivity index (χ0) is 20.5. The largest absolute Gasteiger partial charge is 0.545 e. The molecule has 0 atom stereocenters. The highest BCUT2D eigenvalue weighted by molar-refractivity contribution is 7.99. The first-order valence-corrected chi connectivity index (χ1v) is 12.0. The first-order valence-electron chi connectivity index (χ1n) is 10.2. The van der Waals surface area contributed by atoms with E-state index in [4.69, 9.17) is 0 Å². The van der Waals surface area contributed by atoms with Crippen LogP contribution in [0.2, 0.25) is 0 Å². The average molecular weight is 402 g/mol. The molecule has 3 aromatic rings. The van der Waals surface area contributed by atoms with Crippen LogP contribution in [-0.4, -0.2) is 5.97 Å². The van der Waals surface area contributed by atoms with E-state index in [9.17, 15) is 9.90 Å². The van der Waals surface area contributed by atoms with Crippen LogP contribution in [-0.2, 0) is 4.79 Å². The molecule has 0 spiro atoms. The van der Waals surface area contributed by atoms with Crippen LogP contribution < -0.4 is 21.0 Å². The van der Waals surface area contributed by atoms with Crippen LogP contribution in [0.1, 0.15) is 32.6 Å². The SMILES string of the molecule is CCCCC/C(=C\C(=O)[O-])[P+](c1ccccc1)(c1ccccc1)c1ccccc1. The number of hydrogen-bond donors (Lipinski definition) is 0. The van der Waals surface area contributed by atoms with Gasteiger partial charge in [0.25, 0.3) is 0 Å². The molecule has 0 aliphatic heterocycles. The summed E-state index contributed by atoms with van der Waals surface area (Å²) < 4.78 is 0. The minimum Gasteiger partial charge on any atom is -0.545 e. The van der Waals surface area contributed by atoms with Gasteiger partial charge in [0, 0.05) is 6.42 Å². The molecule has 29 heavy (non-hydrogen) atoms. The lowest BCUT2D eigenvalue weighted by atomic mass is 10.2. The molecule has 0 aliphatic rings. The molecule has 0 aliphatic carbocycles. The van der Waals surface area contributed by atoms with E-state index in [-0.39, 0.29) is 0 Å². The van der Waals surface area contributed by atoms with E-state index in [0.29, 0.717) is 0 Å². The predicted octanol–water partition coefficient (Wildman–Crippen LogP) is 4.19. The van der Waals surface area contributed by atoms with Crippen molar-refractivity contribution in [2.24, 2.45) is 0 Å². The van der Waals surface area contributed by atoms with Crippen LogP contribution in [0.3, 0.4) is 0 Å². The van der Waals surface area contributed by atoms with E-state index < -0.39 is 13.2 Å². The number of benzene rings is 3. The second-order valence-corrected chi connectivity index (χ2v) is 10.6. The Labute approximate surface area is 174 Å². The van der Waals surface area contributed by atoms with Gasteiger partial charge in [-0.15, -0.1) is 0 Å². The van der Waals surface area contributed by atoms with Gasteiger partial charge in [-0.1, -0.05) is 74.4 Å². The number of rotatable bonds is 9.